The molecule has 23 heavy (non-hydrogen) atoms. The van der Waals surface area contributed by atoms with E-state index in [0.29, 0.717) is 0 Å². The number of fused-ring (bicyclic) bond motifs is 1. The summed E-state index contributed by atoms with van der Waals surface area (Å²) in [6, 6.07) is 3.46. The molecule has 7 nitrogen and oxygen atoms in total. The van der Waals surface area contributed by atoms with Crippen LogP contribution in [0.5, 0.6) is 0 Å². The van der Waals surface area contributed by atoms with Crippen LogP contribution in [0, 0.1) is 5.92 Å². The quantitative estimate of drug-likeness (QED) is 0.653. The highest BCUT2D eigenvalue weighted by atomic mass is 35.5. The lowest BCUT2D eigenvalue weighted by atomic mass is 9.99. The second kappa shape index (κ2) is 5.82. The summed E-state index contributed by atoms with van der Waals surface area (Å²) >= 11 is 11.8. The van der Waals surface area contributed by atoms with Gasteiger partial charge in [0.1, 0.15) is 12.0 Å². The average Bonchev–Trinajstić information content (AvgIpc) is 2.99. The van der Waals surface area contributed by atoms with Crippen LogP contribution in [0.1, 0.15) is 6.92 Å². The Morgan fingerprint density at radius 2 is 1.91 bits per heavy atom. The lowest BCUT2D eigenvalue weighted by Gasteiger charge is -2.16. The molecule has 0 aromatic heterocycles. The van der Waals surface area contributed by atoms with Gasteiger partial charge in [-0.2, -0.15) is 5.10 Å². The van der Waals surface area contributed by atoms with Crippen LogP contribution in [0.15, 0.2) is 23.3 Å². The van der Waals surface area contributed by atoms with Crippen molar-refractivity contribution in [3.8, 4) is 0 Å². The fraction of sp³-hybridized carbons (Fsp3) is 0.286. The van der Waals surface area contributed by atoms with Crippen molar-refractivity contribution in [3.63, 3.8) is 0 Å². The number of imide groups is 1. The number of halogens is 2. The van der Waals surface area contributed by atoms with Gasteiger partial charge in [0, 0.05) is 10.0 Å². The Hall–Kier alpha value is -2.12. The number of anilines is 1. The molecule has 1 aromatic rings. The maximum Gasteiger partial charge on any atom is 0.355 e. The molecule has 0 unspecified atom stereocenters. The van der Waals surface area contributed by atoms with E-state index in [1.165, 1.54) is 18.2 Å². The zero-order valence-electron chi connectivity index (χ0n) is 11.9. The molecule has 9 heteroatoms. The number of hydrogen-bond donors (Lipinski definition) is 1. The Balaban J connectivity index is 1.95. The first-order valence-electron chi connectivity index (χ1n) is 6.78. The van der Waals surface area contributed by atoms with Gasteiger partial charge in [0.2, 0.25) is 5.91 Å². The predicted molar refractivity (Wildman–Crippen MR) is 83.4 cm³/mol. The van der Waals surface area contributed by atoms with Gasteiger partial charge < -0.3 is 4.74 Å². The van der Waals surface area contributed by atoms with Crippen LogP contribution in [0.2, 0.25) is 10.0 Å². The first kappa shape index (κ1) is 15.8. The Bertz CT molecular complexity index is 729. The van der Waals surface area contributed by atoms with Gasteiger partial charge in [-0.3, -0.25) is 15.0 Å². The zero-order valence-corrected chi connectivity index (χ0v) is 13.4. The number of nitrogens with zero attached hydrogens (tertiary/aromatic N) is 2. The van der Waals surface area contributed by atoms with Crippen LogP contribution in [0.3, 0.4) is 0 Å². The van der Waals surface area contributed by atoms with E-state index in [-0.39, 0.29) is 28.1 Å². The Morgan fingerprint density at radius 3 is 2.52 bits per heavy atom. The van der Waals surface area contributed by atoms with Gasteiger partial charge in [-0.25, -0.2) is 9.69 Å². The summed E-state index contributed by atoms with van der Waals surface area (Å²) in [7, 11) is 0. The standard InChI is InChI=1S/C14H11Cl2N3O4/c1-2-23-14(22)11-9-10(17-18-11)13(21)19(12(9)20)8-4-6(15)3-7(16)5-8/h3-5,9-10,17H,2H2,1H3/t9-,10-/m0/s1. The van der Waals surface area contributed by atoms with Crippen molar-refractivity contribution in [3.05, 3.63) is 28.2 Å². The highest BCUT2D eigenvalue weighted by Gasteiger charge is 2.55. The minimum atomic E-state index is -1.01. The van der Waals surface area contributed by atoms with E-state index >= 15 is 0 Å². The third-order valence-corrected chi connectivity index (χ3v) is 3.95. The number of esters is 1. The molecule has 1 aromatic carbocycles. The maximum absolute atomic E-state index is 12.6. The number of carbonyl (C=O) groups excluding carboxylic acids is 3. The van der Waals surface area contributed by atoms with Crippen molar-refractivity contribution in [1.82, 2.24) is 5.43 Å². The van der Waals surface area contributed by atoms with Crippen LogP contribution in [0.4, 0.5) is 5.69 Å². The van der Waals surface area contributed by atoms with E-state index in [1.807, 2.05) is 0 Å². The van der Waals surface area contributed by atoms with Crippen molar-refractivity contribution in [1.29, 1.82) is 0 Å². The van der Waals surface area contributed by atoms with E-state index in [1.54, 1.807) is 6.92 Å². The fourth-order valence-corrected chi connectivity index (χ4v) is 3.10. The van der Waals surface area contributed by atoms with Crippen LogP contribution in [-0.2, 0) is 19.1 Å². The van der Waals surface area contributed by atoms with Crippen molar-refractivity contribution in [2.75, 3.05) is 11.5 Å². The highest BCUT2D eigenvalue weighted by Crippen LogP contribution is 2.33. The summed E-state index contributed by atoms with van der Waals surface area (Å²) in [5, 5.41) is 4.35. The Kier molecular flexibility index (Phi) is 3.99. The third-order valence-electron chi connectivity index (χ3n) is 3.51. The number of ether oxygens (including phenoxy) is 1. The van der Waals surface area contributed by atoms with E-state index in [4.69, 9.17) is 27.9 Å². The van der Waals surface area contributed by atoms with Crippen molar-refractivity contribution >= 4 is 52.4 Å². The van der Waals surface area contributed by atoms with Crippen molar-refractivity contribution in [2.45, 2.75) is 13.0 Å². The summed E-state index contributed by atoms with van der Waals surface area (Å²) in [4.78, 5) is 37.9. The fourth-order valence-electron chi connectivity index (χ4n) is 2.59. The van der Waals surface area contributed by atoms with Gasteiger partial charge in [0.15, 0.2) is 5.71 Å². The Morgan fingerprint density at radius 1 is 1.26 bits per heavy atom. The van der Waals surface area contributed by atoms with Gasteiger partial charge in [-0.1, -0.05) is 23.2 Å². The molecule has 2 atom stereocenters. The predicted octanol–water partition coefficient (Wildman–Crippen LogP) is 1.37. The number of rotatable bonds is 3. The zero-order chi connectivity index (χ0) is 16.7. The first-order chi connectivity index (χ1) is 10.9. The molecule has 0 aliphatic carbocycles. The molecule has 0 bridgehead atoms. The summed E-state index contributed by atoms with van der Waals surface area (Å²) in [6.45, 7) is 1.78. The molecule has 2 aliphatic heterocycles. The molecule has 0 saturated carbocycles. The minimum absolute atomic E-state index is 0.106. The normalized spacial score (nSPS) is 22.7. The molecule has 1 saturated heterocycles. The van der Waals surface area contributed by atoms with Crippen LogP contribution >= 0.6 is 23.2 Å². The van der Waals surface area contributed by atoms with E-state index in [9.17, 15) is 14.4 Å². The largest absolute Gasteiger partial charge is 0.461 e. The van der Waals surface area contributed by atoms with Gasteiger partial charge in [-0.15, -0.1) is 0 Å². The summed E-state index contributed by atoms with van der Waals surface area (Å²) in [5.41, 5.74) is 2.67. The average molecular weight is 356 g/mol. The third kappa shape index (κ3) is 2.55. The van der Waals surface area contributed by atoms with Gasteiger partial charge in [0.25, 0.3) is 5.91 Å². The second-order valence-corrected chi connectivity index (χ2v) is 5.81. The molecular formula is C14H11Cl2N3O4. The monoisotopic (exact) mass is 355 g/mol. The Labute approximate surface area is 141 Å². The first-order valence-corrected chi connectivity index (χ1v) is 7.53. The van der Waals surface area contributed by atoms with Crippen LogP contribution < -0.4 is 10.3 Å². The molecule has 2 heterocycles. The van der Waals surface area contributed by atoms with Gasteiger partial charge in [0.05, 0.1) is 12.3 Å². The number of hydrazone groups is 1. The summed E-state index contributed by atoms with van der Waals surface area (Å²) < 4.78 is 4.86. The van der Waals surface area contributed by atoms with Crippen molar-refractivity contribution < 1.29 is 19.1 Å². The number of carbonyl (C=O) groups is 3. The van der Waals surface area contributed by atoms with Crippen LogP contribution in [0.25, 0.3) is 0 Å². The van der Waals surface area contributed by atoms with E-state index < -0.39 is 29.7 Å². The van der Waals surface area contributed by atoms with Gasteiger partial charge >= 0.3 is 5.97 Å². The number of nitrogens with one attached hydrogen (secondary N) is 1. The van der Waals surface area contributed by atoms with E-state index in [0.717, 1.165) is 4.90 Å². The molecule has 0 spiro atoms. The molecule has 120 valence electrons. The molecule has 2 aliphatic rings. The number of hydrogen-bond acceptors (Lipinski definition) is 6. The minimum Gasteiger partial charge on any atom is -0.461 e. The molecule has 0 radical (unpaired) electrons. The van der Waals surface area contributed by atoms with Crippen LogP contribution in [-0.4, -0.2) is 36.1 Å². The maximum atomic E-state index is 12.6. The van der Waals surface area contributed by atoms with Crippen molar-refractivity contribution in [2.24, 2.45) is 11.0 Å². The molecular weight excluding hydrogens is 345 g/mol. The SMILES string of the molecule is CCOC(=O)C1=NN[C@@H]2C(=O)N(c3cc(Cl)cc(Cl)c3)C(=O)[C@H]12. The molecule has 3 rings (SSSR count). The lowest BCUT2D eigenvalue weighted by molar-refractivity contribution is -0.136. The summed E-state index contributed by atoms with van der Waals surface area (Å²) in [5.74, 6) is -2.84. The lowest BCUT2D eigenvalue weighted by Crippen LogP contribution is -2.36. The van der Waals surface area contributed by atoms with Gasteiger partial charge in [-0.05, 0) is 25.1 Å². The summed E-state index contributed by atoms with van der Waals surface area (Å²) in [6.07, 6.45) is 0. The molecule has 2 amide bonds. The molecule has 1 fully saturated rings. The van der Waals surface area contributed by atoms with E-state index in [2.05, 4.69) is 10.5 Å². The number of benzene rings is 1. The smallest absolute Gasteiger partial charge is 0.355 e. The second-order valence-electron chi connectivity index (χ2n) is 4.94. The highest BCUT2D eigenvalue weighted by molar-refractivity contribution is 6.46. The topological polar surface area (TPSA) is 88.1 Å². The number of amides is 2. The molecule has 1 N–H and O–H groups in total.